The lowest BCUT2D eigenvalue weighted by Gasteiger charge is -2.12. The third-order valence-corrected chi connectivity index (χ3v) is 2.66. The third kappa shape index (κ3) is 4.51. The summed E-state index contributed by atoms with van der Waals surface area (Å²) in [6.45, 7) is 1.25. The van der Waals surface area contributed by atoms with Crippen LogP contribution in [0.25, 0.3) is 0 Å². The highest BCUT2D eigenvalue weighted by molar-refractivity contribution is 6.31. The number of amides is 3. The number of rotatable bonds is 4. The Balaban J connectivity index is 2.64. The molecule has 1 aromatic carbocycles. The zero-order valence-electron chi connectivity index (χ0n) is 10.5. The second kappa shape index (κ2) is 6.85. The van der Waals surface area contributed by atoms with Crippen LogP contribution >= 0.6 is 11.6 Å². The van der Waals surface area contributed by atoms with Gasteiger partial charge in [0.1, 0.15) is 5.82 Å². The van der Waals surface area contributed by atoms with Crippen molar-refractivity contribution < 1.29 is 23.5 Å². The van der Waals surface area contributed by atoms with Crippen molar-refractivity contribution in [2.24, 2.45) is 5.73 Å². The quantitative estimate of drug-likeness (QED) is 0.815. The summed E-state index contributed by atoms with van der Waals surface area (Å²) in [6, 6.07) is 2.92. The monoisotopic (exact) mass is 302 g/mol. The number of imide groups is 1. The molecule has 0 fully saturated rings. The number of benzene rings is 1. The summed E-state index contributed by atoms with van der Waals surface area (Å²) in [5.74, 6) is -2.38. The predicted molar refractivity (Wildman–Crippen MR) is 68.4 cm³/mol. The summed E-state index contributed by atoms with van der Waals surface area (Å²) in [4.78, 5) is 33.3. The summed E-state index contributed by atoms with van der Waals surface area (Å²) >= 11 is 5.75. The van der Waals surface area contributed by atoms with Gasteiger partial charge in [0.15, 0.2) is 6.10 Å². The first-order valence-electron chi connectivity index (χ1n) is 5.54. The van der Waals surface area contributed by atoms with Crippen LogP contribution in [0.15, 0.2) is 18.2 Å². The van der Waals surface area contributed by atoms with Crippen molar-refractivity contribution in [3.05, 3.63) is 34.6 Å². The molecule has 8 heteroatoms. The lowest BCUT2D eigenvalue weighted by atomic mass is 10.1. The zero-order chi connectivity index (χ0) is 15.3. The van der Waals surface area contributed by atoms with Crippen molar-refractivity contribution in [3.63, 3.8) is 0 Å². The van der Waals surface area contributed by atoms with Crippen LogP contribution in [0.1, 0.15) is 12.5 Å². The third-order valence-electron chi connectivity index (χ3n) is 2.31. The SMILES string of the molecule is C[C@@H](OC(=O)Cc1c(F)cccc1Cl)C(=O)NC(N)=O. The molecule has 0 saturated heterocycles. The van der Waals surface area contributed by atoms with Gasteiger partial charge in [-0.1, -0.05) is 17.7 Å². The number of halogens is 2. The van der Waals surface area contributed by atoms with E-state index in [9.17, 15) is 18.8 Å². The van der Waals surface area contributed by atoms with E-state index in [-0.39, 0.29) is 10.6 Å². The molecule has 1 aromatic rings. The number of carbonyl (C=O) groups is 3. The summed E-state index contributed by atoms with van der Waals surface area (Å²) < 4.78 is 18.2. The predicted octanol–water partition coefficient (Wildman–Crippen LogP) is 1.15. The molecule has 6 nitrogen and oxygen atoms in total. The minimum absolute atomic E-state index is 0.0262. The van der Waals surface area contributed by atoms with Gasteiger partial charge in [-0.2, -0.15) is 0 Å². The topological polar surface area (TPSA) is 98.5 Å². The molecule has 0 heterocycles. The molecule has 3 amide bonds. The van der Waals surface area contributed by atoms with Crippen molar-refractivity contribution in [1.82, 2.24) is 5.32 Å². The van der Waals surface area contributed by atoms with E-state index < -0.39 is 36.2 Å². The van der Waals surface area contributed by atoms with Crippen LogP contribution in [0.2, 0.25) is 5.02 Å². The molecule has 0 unspecified atom stereocenters. The van der Waals surface area contributed by atoms with Gasteiger partial charge < -0.3 is 10.5 Å². The van der Waals surface area contributed by atoms with Crippen LogP contribution in [-0.4, -0.2) is 24.0 Å². The molecule has 0 spiro atoms. The Hall–Kier alpha value is -2.15. The lowest BCUT2D eigenvalue weighted by Crippen LogP contribution is -2.42. The fourth-order valence-corrected chi connectivity index (χ4v) is 1.59. The van der Waals surface area contributed by atoms with Crippen molar-refractivity contribution in [2.45, 2.75) is 19.4 Å². The molecule has 0 aliphatic rings. The largest absolute Gasteiger partial charge is 0.452 e. The van der Waals surface area contributed by atoms with Crippen LogP contribution in [0.5, 0.6) is 0 Å². The molecule has 0 bridgehead atoms. The Morgan fingerprint density at radius 3 is 2.65 bits per heavy atom. The minimum atomic E-state index is -1.24. The van der Waals surface area contributed by atoms with E-state index in [2.05, 4.69) is 0 Å². The van der Waals surface area contributed by atoms with E-state index in [1.807, 2.05) is 0 Å². The van der Waals surface area contributed by atoms with Crippen molar-refractivity contribution in [2.75, 3.05) is 0 Å². The maximum Gasteiger partial charge on any atom is 0.318 e. The first-order chi connectivity index (χ1) is 9.31. The summed E-state index contributed by atoms with van der Waals surface area (Å²) in [6.07, 6.45) is -1.67. The molecular weight excluding hydrogens is 291 g/mol. The number of hydrogen-bond acceptors (Lipinski definition) is 4. The molecule has 1 atom stereocenters. The van der Waals surface area contributed by atoms with Gasteiger partial charge in [0.05, 0.1) is 6.42 Å². The molecule has 3 N–H and O–H groups in total. The van der Waals surface area contributed by atoms with Crippen LogP contribution in [0, 0.1) is 5.82 Å². The van der Waals surface area contributed by atoms with Gasteiger partial charge >= 0.3 is 12.0 Å². The minimum Gasteiger partial charge on any atom is -0.452 e. The molecule has 108 valence electrons. The number of urea groups is 1. The number of carbonyl (C=O) groups excluding carboxylic acids is 3. The molecule has 0 aromatic heterocycles. The van der Waals surface area contributed by atoms with Crippen molar-refractivity contribution in [3.8, 4) is 0 Å². The Bertz CT molecular complexity index is 530. The Morgan fingerprint density at radius 1 is 1.45 bits per heavy atom. The Morgan fingerprint density at radius 2 is 2.10 bits per heavy atom. The van der Waals surface area contributed by atoms with Gasteiger partial charge in [-0.25, -0.2) is 9.18 Å². The summed E-state index contributed by atoms with van der Waals surface area (Å²) in [5.41, 5.74) is 4.72. The smallest absolute Gasteiger partial charge is 0.318 e. The number of esters is 1. The first kappa shape index (κ1) is 15.9. The number of ether oxygens (including phenoxy) is 1. The molecule has 0 radical (unpaired) electrons. The van der Waals surface area contributed by atoms with Crippen LogP contribution in [0.4, 0.5) is 9.18 Å². The lowest BCUT2D eigenvalue weighted by molar-refractivity contribution is -0.153. The van der Waals surface area contributed by atoms with Gasteiger partial charge in [-0.15, -0.1) is 0 Å². The highest BCUT2D eigenvalue weighted by Crippen LogP contribution is 2.19. The maximum atomic E-state index is 13.4. The standard InChI is InChI=1S/C12H12ClFN2O4/c1-6(11(18)16-12(15)19)20-10(17)5-7-8(13)3-2-4-9(7)14/h2-4,6H,5H2,1H3,(H3,15,16,18,19)/t6-/m1/s1. The molecule has 0 aliphatic carbocycles. The van der Waals surface area contributed by atoms with Crippen LogP contribution in [0.3, 0.4) is 0 Å². The molecule has 0 saturated carbocycles. The first-order valence-corrected chi connectivity index (χ1v) is 5.91. The Kier molecular flexibility index (Phi) is 5.45. The maximum absolute atomic E-state index is 13.4. The second-order valence-electron chi connectivity index (χ2n) is 3.86. The number of hydrogen-bond donors (Lipinski definition) is 2. The fraction of sp³-hybridized carbons (Fsp3) is 0.250. The van der Waals surface area contributed by atoms with Crippen molar-refractivity contribution in [1.29, 1.82) is 0 Å². The number of primary amides is 1. The van der Waals surface area contributed by atoms with E-state index >= 15 is 0 Å². The van der Waals surface area contributed by atoms with Gasteiger partial charge in [0, 0.05) is 10.6 Å². The van der Waals surface area contributed by atoms with E-state index in [4.69, 9.17) is 22.1 Å². The summed E-state index contributed by atoms with van der Waals surface area (Å²) in [5, 5.41) is 1.84. The second-order valence-corrected chi connectivity index (χ2v) is 4.27. The van der Waals surface area contributed by atoms with Gasteiger partial charge in [0.2, 0.25) is 0 Å². The highest BCUT2D eigenvalue weighted by atomic mass is 35.5. The summed E-state index contributed by atoms with van der Waals surface area (Å²) in [7, 11) is 0. The van der Waals surface area contributed by atoms with Gasteiger partial charge in [0.25, 0.3) is 5.91 Å². The highest BCUT2D eigenvalue weighted by Gasteiger charge is 2.20. The van der Waals surface area contributed by atoms with E-state index in [1.54, 1.807) is 5.32 Å². The van der Waals surface area contributed by atoms with Crippen LogP contribution in [-0.2, 0) is 20.7 Å². The van der Waals surface area contributed by atoms with E-state index in [1.165, 1.54) is 19.1 Å². The number of nitrogens with one attached hydrogen (secondary N) is 1. The molecule has 20 heavy (non-hydrogen) atoms. The average molecular weight is 303 g/mol. The van der Waals surface area contributed by atoms with E-state index in [0.717, 1.165) is 6.07 Å². The fourth-order valence-electron chi connectivity index (χ4n) is 1.36. The molecule has 1 rings (SSSR count). The van der Waals surface area contributed by atoms with Gasteiger partial charge in [-0.05, 0) is 19.1 Å². The molecule has 0 aliphatic heterocycles. The molecular formula is C12H12ClFN2O4. The zero-order valence-corrected chi connectivity index (χ0v) is 11.2. The van der Waals surface area contributed by atoms with Crippen LogP contribution < -0.4 is 11.1 Å². The van der Waals surface area contributed by atoms with Crippen molar-refractivity contribution >= 4 is 29.5 Å². The Labute approximate surface area is 119 Å². The van der Waals surface area contributed by atoms with E-state index in [0.29, 0.717) is 0 Å². The average Bonchev–Trinajstić information content (AvgIpc) is 2.33. The normalized spacial score (nSPS) is 11.6. The number of nitrogens with two attached hydrogens (primary N) is 1. The van der Waals surface area contributed by atoms with Gasteiger partial charge in [-0.3, -0.25) is 14.9 Å².